The Hall–Kier alpha value is -3.96. The molecule has 0 amide bonds. The number of allylic oxidation sites excluding steroid dienone is 2. The zero-order chi connectivity index (χ0) is 30.1. The molecule has 1 saturated heterocycles. The number of alkyl halides is 2. The predicted octanol–water partition coefficient (Wildman–Crippen LogP) is 4.08. The topological polar surface area (TPSA) is 89.6 Å². The molecule has 1 fully saturated rings. The maximum absolute atomic E-state index is 13.6. The fourth-order valence-electron chi connectivity index (χ4n) is 5.28. The van der Waals surface area contributed by atoms with E-state index >= 15 is 0 Å². The second kappa shape index (κ2) is 14.8. The fourth-order valence-corrected chi connectivity index (χ4v) is 5.28. The third-order valence-corrected chi connectivity index (χ3v) is 7.30. The van der Waals surface area contributed by atoms with E-state index in [0.717, 1.165) is 26.2 Å². The highest BCUT2D eigenvalue weighted by Crippen LogP contribution is 2.43. The molecular weight excluding hydrogens is 548 g/mol. The van der Waals surface area contributed by atoms with Gasteiger partial charge in [-0.2, -0.15) is 8.78 Å². The van der Waals surface area contributed by atoms with Gasteiger partial charge in [-0.3, -0.25) is 4.90 Å². The van der Waals surface area contributed by atoms with Crippen LogP contribution in [0.2, 0.25) is 0 Å². The smallest absolute Gasteiger partial charge is 0.387 e. The van der Waals surface area contributed by atoms with E-state index in [4.69, 9.17) is 18.9 Å². The van der Waals surface area contributed by atoms with Gasteiger partial charge < -0.3 is 29.2 Å². The molecule has 0 spiro atoms. The molecule has 4 rings (SSSR count). The number of nitrogens with zero attached hydrogens (tertiary/aromatic N) is 2. The van der Waals surface area contributed by atoms with Gasteiger partial charge in [0.1, 0.15) is 19.0 Å². The van der Waals surface area contributed by atoms with Gasteiger partial charge in [-0.25, -0.2) is 9.59 Å². The highest BCUT2D eigenvalue weighted by Gasteiger charge is 2.39. The van der Waals surface area contributed by atoms with Gasteiger partial charge in [0.2, 0.25) is 0 Å². The summed E-state index contributed by atoms with van der Waals surface area (Å²) in [6.45, 7) is 4.39. The predicted molar refractivity (Wildman–Crippen MR) is 153 cm³/mol. The van der Waals surface area contributed by atoms with E-state index in [-0.39, 0.29) is 42.3 Å². The lowest BCUT2D eigenvalue weighted by Gasteiger charge is -2.36. The molecule has 1 unspecified atom stereocenters. The van der Waals surface area contributed by atoms with E-state index in [1.54, 1.807) is 32.0 Å². The van der Waals surface area contributed by atoms with Crippen molar-refractivity contribution in [2.45, 2.75) is 26.4 Å². The van der Waals surface area contributed by atoms with Crippen molar-refractivity contribution in [1.82, 2.24) is 10.2 Å². The molecule has 2 aliphatic rings. The lowest BCUT2D eigenvalue weighted by atomic mass is 9.80. The number of esters is 2. The molecule has 42 heavy (non-hydrogen) atoms. The SMILES string of the molecule is COCCOC(=O)C1=C(C)NC(C)=C(C(=O)OCCN2CCN(c3ccccc3)CC2)C1c1ccccc1OC(F)F. The average molecular weight is 586 g/mol. The van der Waals surface area contributed by atoms with Gasteiger partial charge >= 0.3 is 18.6 Å². The molecule has 226 valence electrons. The lowest BCUT2D eigenvalue weighted by molar-refractivity contribution is -0.141. The number of carbonyl (C=O) groups is 2. The van der Waals surface area contributed by atoms with E-state index in [0.29, 0.717) is 17.9 Å². The Kier molecular flexibility index (Phi) is 10.9. The molecule has 1 N–H and O–H groups in total. The zero-order valence-corrected chi connectivity index (χ0v) is 24.1. The van der Waals surface area contributed by atoms with E-state index in [2.05, 4.69) is 27.2 Å². The minimum Gasteiger partial charge on any atom is -0.461 e. The molecule has 0 bridgehead atoms. The largest absolute Gasteiger partial charge is 0.461 e. The number of para-hydroxylation sites is 2. The van der Waals surface area contributed by atoms with Crippen LogP contribution < -0.4 is 15.0 Å². The van der Waals surface area contributed by atoms with Crippen molar-refractivity contribution < 1.29 is 37.3 Å². The maximum atomic E-state index is 13.6. The number of dihydropyridines is 1. The molecule has 0 radical (unpaired) electrons. The first kappa shape index (κ1) is 31.0. The van der Waals surface area contributed by atoms with Gasteiger partial charge in [0, 0.05) is 62.5 Å². The average Bonchev–Trinajstić information content (AvgIpc) is 2.97. The van der Waals surface area contributed by atoms with Crippen LogP contribution in [0.15, 0.2) is 77.1 Å². The summed E-state index contributed by atoms with van der Waals surface area (Å²) < 4.78 is 47.6. The van der Waals surface area contributed by atoms with Gasteiger partial charge in [0.05, 0.1) is 23.7 Å². The van der Waals surface area contributed by atoms with Crippen LogP contribution >= 0.6 is 0 Å². The number of carbonyl (C=O) groups excluding carboxylic acids is 2. The number of halogens is 2. The van der Waals surface area contributed by atoms with Crippen LogP contribution in [-0.4, -0.2) is 83.1 Å². The summed E-state index contributed by atoms with van der Waals surface area (Å²) in [5.41, 5.74) is 2.50. The Morgan fingerprint density at radius 2 is 1.45 bits per heavy atom. The molecule has 9 nitrogen and oxygen atoms in total. The molecule has 2 heterocycles. The molecule has 2 aromatic rings. The summed E-state index contributed by atoms with van der Waals surface area (Å²) in [5, 5.41) is 3.07. The van der Waals surface area contributed by atoms with Crippen LogP contribution in [0.1, 0.15) is 25.3 Å². The Balaban J connectivity index is 1.50. The highest BCUT2D eigenvalue weighted by atomic mass is 19.3. The molecule has 0 saturated carbocycles. The number of methoxy groups -OCH3 is 1. The zero-order valence-electron chi connectivity index (χ0n) is 24.1. The quantitative estimate of drug-likeness (QED) is 0.292. The second-order valence-electron chi connectivity index (χ2n) is 9.98. The normalized spacial score (nSPS) is 17.8. The number of nitrogens with one attached hydrogen (secondary N) is 1. The molecule has 2 aromatic carbocycles. The van der Waals surface area contributed by atoms with E-state index in [1.807, 2.05) is 18.2 Å². The Labute approximate surface area is 244 Å². The van der Waals surface area contributed by atoms with Crippen molar-refractivity contribution in [2.75, 3.05) is 64.6 Å². The third kappa shape index (κ3) is 7.65. The lowest BCUT2D eigenvalue weighted by Crippen LogP contribution is -2.47. The molecule has 0 aliphatic carbocycles. The number of hydrogen-bond acceptors (Lipinski definition) is 9. The van der Waals surface area contributed by atoms with E-state index in [9.17, 15) is 18.4 Å². The Bertz CT molecular complexity index is 1290. The van der Waals surface area contributed by atoms with Crippen molar-refractivity contribution in [3.05, 3.63) is 82.7 Å². The summed E-state index contributed by atoms with van der Waals surface area (Å²) in [7, 11) is 1.48. The number of piperazine rings is 1. The standard InChI is InChI=1S/C31H37F2N3O6/c1-21-26(29(37)40-18-17-35-13-15-36(16-14-35)23-9-5-4-6-10-23)28(24-11-7-8-12-25(24)42-31(32)33)27(22(2)34-21)30(38)41-20-19-39-3/h4-12,28,31,34H,13-20H2,1-3H3. The van der Waals surface area contributed by atoms with Gasteiger partial charge in [-0.1, -0.05) is 36.4 Å². The number of ether oxygens (including phenoxy) is 4. The van der Waals surface area contributed by atoms with Gasteiger partial charge in [0.25, 0.3) is 0 Å². The first-order chi connectivity index (χ1) is 20.3. The summed E-state index contributed by atoms with van der Waals surface area (Å²) in [4.78, 5) is 31.4. The summed E-state index contributed by atoms with van der Waals surface area (Å²) in [6.07, 6.45) is 0. The van der Waals surface area contributed by atoms with Crippen molar-refractivity contribution in [3.63, 3.8) is 0 Å². The Morgan fingerprint density at radius 3 is 2.07 bits per heavy atom. The van der Waals surface area contributed by atoms with Gasteiger partial charge in [-0.15, -0.1) is 0 Å². The molecule has 1 atom stereocenters. The molecule has 0 aromatic heterocycles. The second-order valence-corrected chi connectivity index (χ2v) is 9.98. The first-order valence-electron chi connectivity index (χ1n) is 13.9. The number of anilines is 1. The Morgan fingerprint density at radius 1 is 0.857 bits per heavy atom. The van der Waals surface area contributed by atoms with Crippen LogP contribution in [-0.2, 0) is 23.8 Å². The van der Waals surface area contributed by atoms with Crippen molar-refractivity contribution in [2.24, 2.45) is 0 Å². The van der Waals surface area contributed by atoms with Gasteiger partial charge in [-0.05, 0) is 32.0 Å². The van der Waals surface area contributed by atoms with Crippen LogP contribution in [0, 0.1) is 0 Å². The van der Waals surface area contributed by atoms with Crippen molar-refractivity contribution in [1.29, 1.82) is 0 Å². The minimum absolute atomic E-state index is 0.0198. The van der Waals surface area contributed by atoms with Crippen LogP contribution in [0.4, 0.5) is 14.5 Å². The number of benzene rings is 2. The summed E-state index contributed by atoms with van der Waals surface area (Å²) >= 11 is 0. The minimum atomic E-state index is -3.10. The highest BCUT2D eigenvalue weighted by molar-refractivity contribution is 6.00. The van der Waals surface area contributed by atoms with Gasteiger partial charge in [0.15, 0.2) is 0 Å². The summed E-state index contributed by atoms with van der Waals surface area (Å²) in [6, 6.07) is 16.3. The summed E-state index contributed by atoms with van der Waals surface area (Å²) in [5.74, 6) is -2.57. The van der Waals surface area contributed by atoms with Crippen LogP contribution in [0.25, 0.3) is 0 Å². The van der Waals surface area contributed by atoms with Crippen LogP contribution in [0.5, 0.6) is 5.75 Å². The molecular formula is C31H37F2N3O6. The maximum Gasteiger partial charge on any atom is 0.387 e. The number of rotatable bonds is 12. The van der Waals surface area contributed by atoms with Crippen molar-refractivity contribution >= 4 is 17.6 Å². The van der Waals surface area contributed by atoms with Crippen LogP contribution in [0.3, 0.4) is 0 Å². The monoisotopic (exact) mass is 585 g/mol. The van der Waals surface area contributed by atoms with Crippen molar-refractivity contribution in [3.8, 4) is 5.75 Å². The van der Waals surface area contributed by atoms with E-state index < -0.39 is 24.5 Å². The van der Waals surface area contributed by atoms with E-state index in [1.165, 1.54) is 18.9 Å². The number of hydrogen-bond donors (Lipinski definition) is 1. The molecule has 11 heteroatoms. The third-order valence-electron chi connectivity index (χ3n) is 7.30. The molecule has 2 aliphatic heterocycles. The fraction of sp³-hybridized carbons (Fsp3) is 0.419. The first-order valence-corrected chi connectivity index (χ1v) is 13.9.